The Kier molecular flexibility index (Phi) is 5.96. The van der Waals surface area contributed by atoms with Crippen LogP contribution in [0, 0.1) is 14.9 Å². The number of nitrogens with one attached hydrogen (secondary N) is 2. The van der Waals surface area contributed by atoms with E-state index in [-0.39, 0.29) is 17.8 Å². The number of hydrogen-bond acceptors (Lipinski definition) is 5. The van der Waals surface area contributed by atoms with E-state index in [0.717, 1.165) is 35.4 Å². The Morgan fingerprint density at radius 3 is 2.77 bits per heavy atom. The quantitative estimate of drug-likeness (QED) is 0.416. The lowest BCUT2D eigenvalue weighted by Crippen LogP contribution is -2.38. The van der Waals surface area contributed by atoms with Gasteiger partial charge in [0.1, 0.15) is 11.2 Å². The number of rotatable bonds is 5. The fourth-order valence-corrected chi connectivity index (χ4v) is 6.42. The summed E-state index contributed by atoms with van der Waals surface area (Å²) in [6.07, 6.45) is 3.99. The second kappa shape index (κ2) is 8.22. The normalized spacial score (nSPS) is 20.8. The van der Waals surface area contributed by atoms with Crippen molar-refractivity contribution in [2.24, 2.45) is 11.3 Å². The van der Waals surface area contributed by atoms with E-state index in [2.05, 4.69) is 54.0 Å². The van der Waals surface area contributed by atoms with Crippen molar-refractivity contribution in [2.75, 3.05) is 11.9 Å². The average molecular weight is 540 g/mol. The van der Waals surface area contributed by atoms with Crippen LogP contribution in [0.25, 0.3) is 0 Å². The Labute approximate surface area is 195 Å². The Morgan fingerprint density at radius 1 is 1.30 bits per heavy atom. The molecule has 1 aromatic heterocycles. The molecule has 2 aromatic rings. The van der Waals surface area contributed by atoms with Crippen LogP contribution < -0.4 is 15.4 Å². The van der Waals surface area contributed by atoms with Crippen LogP contribution >= 0.6 is 33.9 Å². The third-order valence-electron chi connectivity index (χ3n) is 6.74. The van der Waals surface area contributed by atoms with Gasteiger partial charge in [-0.3, -0.25) is 4.79 Å². The fourth-order valence-electron chi connectivity index (χ4n) is 4.45. The molecule has 162 valence electrons. The molecule has 0 saturated carbocycles. The number of fused-ring (bicyclic) bond motifs is 3. The maximum atomic E-state index is 13.1. The molecule has 0 unspecified atom stereocenters. The Balaban J connectivity index is 1.64. The topological polar surface area (TPSA) is 70.6 Å². The molecule has 1 aromatic carbocycles. The lowest BCUT2D eigenvalue weighted by molar-refractivity contribution is 0.0934. The summed E-state index contributed by atoms with van der Waals surface area (Å²) in [7, 11) is 0. The standard InChI is InChI=1S/C23H29IN2O3S/c1-5-23(3,4)13-7-8-14-17(11-13)30-22-18(14)21(28)25-20(26-22)12-9-15(24)19(27)16(10-12)29-6-2/h9-10,13,20,26-27H,5-8,11H2,1-4H3,(H,25,28)/t13-,20+/m1/s1. The highest BCUT2D eigenvalue weighted by Crippen LogP contribution is 2.47. The van der Waals surface area contributed by atoms with E-state index < -0.39 is 0 Å². The summed E-state index contributed by atoms with van der Waals surface area (Å²) in [4.78, 5) is 14.4. The number of anilines is 1. The number of phenolic OH excluding ortho intramolecular Hbond substituents is 1. The Bertz CT molecular complexity index is 985. The molecule has 2 aliphatic rings. The van der Waals surface area contributed by atoms with Gasteiger partial charge < -0.3 is 20.5 Å². The number of ether oxygens (including phenoxy) is 1. The molecular formula is C23H29IN2O3S. The summed E-state index contributed by atoms with van der Waals surface area (Å²) in [6, 6.07) is 3.69. The first kappa shape index (κ1) is 21.7. The molecule has 3 N–H and O–H groups in total. The van der Waals surface area contributed by atoms with Crippen LogP contribution in [0.5, 0.6) is 11.5 Å². The summed E-state index contributed by atoms with van der Waals surface area (Å²) < 4.78 is 6.27. The number of benzene rings is 1. The van der Waals surface area contributed by atoms with Gasteiger partial charge >= 0.3 is 0 Å². The molecule has 2 heterocycles. The molecule has 4 rings (SSSR count). The lowest BCUT2D eigenvalue weighted by Gasteiger charge is -2.36. The van der Waals surface area contributed by atoms with Crippen molar-refractivity contribution in [3.8, 4) is 11.5 Å². The number of thiophene rings is 1. The van der Waals surface area contributed by atoms with Crippen LogP contribution in [0.3, 0.4) is 0 Å². The average Bonchev–Trinajstić information content (AvgIpc) is 3.09. The third kappa shape index (κ3) is 3.79. The van der Waals surface area contributed by atoms with Crippen LogP contribution in [0.15, 0.2) is 12.1 Å². The van der Waals surface area contributed by atoms with Crippen molar-refractivity contribution >= 4 is 44.8 Å². The van der Waals surface area contributed by atoms with Gasteiger partial charge in [0, 0.05) is 4.88 Å². The van der Waals surface area contributed by atoms with Crippen molar-refractivity contribution in [3.63, 3.8) is 0 Å². The van der Waals surface area contributed by atoms with Crippen LogP contribution in [0.4, 0.5) is 5.00 Å². The van der Waals surface area contributed by atoms with Crippen molar-refractivity contribution in [1.82, 2.24) is 5.32 Å². The monoisotopic (exact) mass is 540 g/mol. The summed E-state index contributed by atoms with van der Waals surface area (Å²) in [5.41, 5.74) is 3.25. The SMILES string of the molecule is CCOc1cc([C@H]2NC(=O)c3c(sc4c3CC[C@@H](C(C)(C)CC)C4)N2)cc(I)c1O. The predicted molar refractivity (Wildman–Crippen MR) is 130 cm³/mol. The molecule has 2 atom stereocenters. The van der Waals surface area contributed by atoms with Gasteiger partial charge in [0.25, 0.3) is 5.91 Å². The zero-order valence-corrected chi connectivity index (χ0v) is 20.9. The highest BCUT2D eigenvalue weighted by molar-refractivity contribution is 14.1. The molecule has 1 amide bonds. The Hall–Kier alpha value is -1.48. The first-order valence-corrected chi connectivity index (χ1v) is 12.5. The maximum absolute atomic E-state index is 13.1. The molecule has 30 heavy (non-hydrogen) atoms. The van der Waals surface area contributed by atoms with E-state index in [4.69, 9.17) is 4.74 Å². The van der Waals surface area contributed by atoms with Crippen molar-refractivity contribution in [2.45, 2.75) is 59.5 Å². The highest BCUT2D eigenvalue weighted by atomic mass is 127. The summed E-state index contributed by atoms with van der Waals surface area (Å²) in [5.74, 6) is 1.22. The minimum atomic E-state index is -0.346. The molecule has 1 aliphatic heterocycles. The van der Waals surface area contributed by atoms with E-state index >= 15 is 0 Å². The van der Waals surface area contributed by atoms with Gasteiger partial charge in [0.05, 0.1) is 15.7 Å². The maximum Gasteiger partial charge on any atom is 0.256 e. The van der Waals surface area contributed by atoms with E-state index in [9.17, 15) is 9.90 Å². The number of halogens is 1. The van der Waals surface area contributed by atoms with Crippen molar-refractivity contribution in [3.05, 3.63) is 37.3 Å². The summed E-state index contributed by atoms with van der Waals surface area (Å²) in [6.45, 7) is 9.34. The van der Waals surface area contributed by atoms with Crippen LogP contribution in [0.1, 0.15) is 73.1 Å². The number of carbonyl (C=O) groups excluding carboxylic acids is 1. The van der Waals surface area contributed by atoms with E-state index in [1.807, 2.05) is 13.0 Å². The molecule has 0 fully saturated rings. The molecule has 7 heteroatoms. The molecular weight excluding hydrogens is 511 g/mol. The fraction of sp³-hybridized carbons (Fsp3) is 0.522. The Morgan fingerprint density at radius 2 is 2.07 bits per heavy atom. The second-order valence-electron chi connectivity index (χ2n) is 8.82. The minimum Gasteiger partial charge on any atom is -0.504 e. The van der Waals surface area contributed by atoms with Crippen LogP contribution in [-0.4, -0.2) is 17.6 Å². The van der Waals surface area contributed by atoms with Gasteiger partial charge in [-0.2, -0.15) is 0 Å². The molecule has 0 saturated heterocycles. The van der Waals surface area contributed by atoms with E-state index in [0.29, 0.717) is 27.3 Å². The van der Waals surface area contributed by atoms with E-state index in [1.165, 1.54) is 16.9 Å². The summed E-state index contributed by atoms with van der Waals surface area (Å²) >= 11 is 3.83. The number of hydrogen-bond donors (Lipinski definition) is 3. The van der Waals surface area contributed by atoms with Gasteiger partial charge in [-0.15, -0.1) is 11.3 Å². The largest absolute Gasteiger partial charge is 0.504 e. The number of amides is 1. The van der Waals surface area contributed by atoms with Gasteiger partial charge in [0.2, 0.25) is 0 Å². The third-order valence-corrected chi connectivity index (χ3v) is 8.75. The van der Waals surface area contributed by atoms with Crippen LogP contribution in [-0.2, 0) is 12.8 Å². The summed E-state index contributed by atoms with van der Waals surface area (Å²) in [5, 5.41) is 17.8. The number of carbonyl (C=O) groups is 1. The molecule has 5 nitrogen and oxygen atoms in total. The molecule has 1 aliphatic carbocycles. The predicted octanol–water partition coefficient (Wildman–Crippen LogP) is 5.85. The second-order valence-corrected chi connectivity index (χ2v) is 11.1. The zero-order chi connectivity index (χ0) is 21.6. The molecule has 0 spiro atoms. The number of phenols is 1. The molecule has 0 bridgehead atoms. The first-order chi connectivity index (χ1) is 14.2. The van der Waals surface area contributed by atoms with Gasteiger partial charge in [-0.1, -0.05) is 27.2 Å². The first-order valence-electron chi connectivity index (χ1n) is 10.6. The number of aromatic hydroxyl groups is 1. The lowest BCUT2D eigenvalue weighted by atomic mass is 9.69. The van der Waals surface area contributed by atoms with Crippen molar-refractivity contribution < 1.29 is 14.6 Å². The molecule has 0 radical (unpaired) electrons. The van der Waals surface area contributed by atoms with E-state index in [1.54, 1.807) is 17.4 Å². The van der Waals surface area contributed by atoms with Crippen LogP contribution in [0.2, 0.25) is 0 Å². The minimum absolute atomic E-state index is 0.0134. The highest BCUT2D eigenvalue weighted by Gasteiger charge is 2.37. The van der Waals surface area contributed by atoms with Gasteiger partial charge in [0.15, 0.2) is 11.5 Å². The van der Waals surface area contributed by atoms with Crippen molar-refractivity contribution in [1.29, 1.82) is 0 Å². The van der Waals surface area contributed by atoms with Gasteiger partial charge in [-0.05, 0) is 83.4 Å². The zero-order valence-electron chi connectivity index (χ0n) is 17.9. The van der Waals surface area contributed by atoms with Gasteiger partial charge in [-0.25, -0.2) is 0 Å². The smallest absolute Gasteiger partial charge is 0.256 e.